The Morgan fingerprint density at radius 3 is 2.33 bits per heavy atom. The summed E-state index contributed by atoms with van der Waals surface area (Å²) in [5.74, 6) is -2.86. The third-order valence-electron chi connectivity index (χ3n) is 3.09. The Hall–Kier alpha value is -1.27. The number of carboxylic acids is 1. The van der Waals surface area contributed by atoms with E-state index in [9.17, 15) is 22.8 Å². The van der Waals surface area contributed by atoms with Gasteiger partial charge in [0.1, 0.15) is 0 Å². The van der Waals surface area contributed by atoms with Crippen LogP contribution in [-0.4, -0.2) is 40.1 Å². The Morgan fingerprint density at radius 1 is 1.39 bits per heavy atom. The van der Waals surface area contributed by atoms with E-state index in [0.29, 0.717) is 4.90 Å². The van der Waals surface area contributed by atoms with Gasteiger partial charge in [-0.05, 0) is 18.8 Å². The Labute approximate surface area is 103 Å². The van der Waals surface area contributed by atoms with Crippen molar-refractivity contribution in [3.05, 3.63) is 0 Å². The number of rotatable bonds is 3. The maximum absolute atomic E-state index is 13.0. The first-order chi connectivity index (χ1) is 8.13. The molecule has 18 heavy (non-hydrogen) atoms. The van der Waals surface area contributed by atoms with E-state index in [2.05, 4.69) is 0 Å². The zero-order valence-electron chi connectivity index (χ0n) is 10.3. The van der Waals surface area contributed by atoms with Crippen molar-refractivity contribution < 1.29 is 27.9 Å². The number of carboxylic acid groups (broad SMARTS) is 1. The number of alkyl halides is 3. The van der Waals surface area contributed by atoms with Crippen LogP contribution in [0.25, 0.3) is 0 Å². The highest BCUT2D eigenvalue weighted by molar-refractivity contribution is 5.88. The highest BCUT2D eigenvalue weighted by atomic mass is 19.4. The molecule has 7 heteroatoms. The van der Waals surface area contributed by atoms with E-state index < -0.39 is 30.0 Å². The molecular formula is C11H16F3NO3. The fourth-order valence-corrected chi connectivity index (χ4v) is 2.25. The summed E-state index contributed by atoms with van der Waals surface area (Å²) in [7, 11) is 0. The van der Waals surface area contributed by atoms with Gasteiger partial charge in [-0.1, -0.05) is 13.8 Å². The molecule has 1 rings (SSSR count). The summed E-state index contributed by atoms with van der Waals surface area (Å²) in [6.07, 6.45) is -5.56. The van der Waals surface area contributed by atoms with E-state index in [0.717, 1.165) is 0 Å². The molecule has 1 aliphatic heterocycles. The van der Waals surface area contributed by atoms with E-state index >= 15 is 0 Å². The molecule has 0 aromatic rings. The van der Waals surface area contributed by atoms with Gasteiger partial charge in [0, 0.05) is 13.0 Å². The van der Waals surface area contributed by atoms with E-state index in [-0.39, 0.29) is 25.3 Å². The van der Waals surface area contributed by atoms with Crippen LogP contribution in [-0.2, 0) is 9.59 Å². The van der Waals surface area contributed by atoms with Gasteiger partial charge in [0.15, 0.2) is 0 Å². The number of nitrogens with zero attached hydrogens (tertiary/aromatic N) is 1. The van der Waals surface area contributed by atoms with Crippen molar-refractivity contribution in [2.24, 2.45) is 5.92 Å². The van der Waals surface area contributed by atoms with Crippen LogP contribution in [0.5, 0.6) is 0 Å². The Kier molecular flexibility index (Phi) is 3.92. The summed E-state index contributed by atoms with van der Waals surface area (Å²) >= 11 is 0. The highest BCUT2D eigenvalue weighted by Crippen LogP contribution is 2.43. The Morgan fingerprint density at radius 2 is 1.94 bits per heavy atom. The number of hydrogen-bond donors (Lipinski definition) is 1. The van der Waals surface area contributed by atoms with Gasteiger partial charge < -0.3 is 10.0 Å². The van der Waals surface area contributed by atoms with Crippen molar-refractivity contribution in [3.8, 4) is 0 Å². The number of hydrogen-bond acceptors (Lipinski definition) is 2. The van der Waals surface area contributed by atoms with Crippen LogP contribution in [0.15, 0.2) is 0 Å². The molecule has 0 saturated carbocycles. The largest absolute Gasteiger partial charge is 0.479 e. The van der Waals surface area contributed by atoms with E-state index in [1.54, 1.807) is 13.8 Å². The van der Waals surface area contributed by atoms with E-state index in [1.165, 1.54) is 0 Å². The summed E-state index contributed by atoms with van der Waals surface area (Å²) in [6.45, 7) is 3.24. The van der Waals surface area contributed by atoms with Crippen molar-refractivity contribution in [1.29, 1.82) is 0 Å². The maximum atomic E-state index is 13.0. The molecule has 1 unspecified atom stereocenters. The van der Waals surface area contributed by atoms with Gasteiger partial charge >= 0.3 is 12.1 Å². The van der Waals surface area contributed by atoms with Gasteiger partial charge in [-0.15, -0.1) is 0 Å². The lowest BCUT2D eigenvalue weighted by Crippen LogP contribution is -2.62. The second-order valence-electron chi connectivity index (χ2n) is 4.91. The molecule has 1 aliphatic rings. The van der Waals surface area contributed by atoms with Crippen molar-refractivity contribution in [2.75, 3.05) is 6.54 Å². The molecule has 0 bridgehead atoms. The lowest BCUT2D eigenvalue weighted by atomic mass is 9.94. The van der Waals surface area contributed by atoms with Crippen LogP contribution in [0.4, 0.5) is 13.2 Å². The Balaban J connectivity index is 3.10. The molecule has 0 radical (unpaired) electrons. The molecule has 0 aromatic carbocycles. The summed E-state index contributed by atoms with van der Waals surface area (Å²) in [5, 5.41) is 8.94. The van der Waals surface area contributed by atoms with E-state index in [1.807, 2.05) is 0 Å². The fraction of sp³-hybridized carbons (Fsp3) is 0.818. The van der Waals surface area contributed by atoms with Gasteiger partial charge in [0.2, 0.25) is 11.4 Å². The summed E-state index contributed by atoms with van der Waals surface area (Å²) in [6, 6.07) is 0. The quantitative estimate of drug-likeness (QED) is 0.851. The average Bonchev–Trinajstić information content (AvgIpc) is 2.59. The minimum atomic E-state index is -4.96. The molecule has 4 nitrogen and oxygen atoms in total. The first kappa shape index (κ1) is 14.8. The first-order valence-corrected chi connectivity index (χ1v) is 5.73. The summed E-state index contributed by atoms with van der Waals surface area (Å²) in [5.41, 5.74) is -3.04. The summed E-state index contributed by atoms with van der Waals surface area (Å²) < 4.78 is 39.1. The smallest absolute Gasteiger partial charge is 0.422 e. The van der Waals surface area contributed by atoms with Crippen molar-refractivity contribution in [1.82, 2.24) is 4.90 Å². The van der Waals surface area contributed by atoms with Crippen molar-refractivity contribution in [3.63, 3.8) is 0 Å². The zero-order valence-corrected chi connectivity index (χ0v) is 10.3. The molecule has 1 atom stereocenters. The number of carbonyl (C=O) groups is 2. The molecule has 1 heterocycles. The Bertz CT molecular complexity index is 354. The maximum Gasteiger partial charge on any atom is 0.422 e. The number of likely N-dealkylation sites (tertiary alicyclic amines) is 1. The number of aliphatic carboxylic acids is 1. The van der Waals surface area contributed by atoms with Crippen LogP contribution in [0.2, 0.25) is 0 Å². The number of carbonyl (C=O) groups excluding carboxylic acids is 1. The normalized spacial score (nSPS) is 24.7. The molecule has 1 N–H and O–H groups in total. The third kappa shape index (κ3) is 2.30. The molecular weight excluding hydrogens is 251 g/mol. The monoisotopic (exact) mass is 267 g/mol. The van der Waals surface area contributed by atoms with Gasteiger partial charge in [0.05, 0.1) is 0 Å². The lowest BCUT2D eigenvalue weighted by Gasteiger charge is -2.36. The topological polar surface area (TPSA) is 57.6 Å². The molecule has 1 fully saturated rings. The average molecular weight is 267 g/mol. The number of amides is 1. The predicted molar refractivity (Wildman–Crippen MR) is 56.8 cm³/mol. The predicted octanol–water partition coefficient (Wildman–Crippen LogP) is 2.04. The van der Waals surface area contributed by atoms with Crippen LogP contribution in [0.3, 0.4) is 0 Å². The fourth-order valence-electron chi connectivity index (χ4n) is 2.25. The lowest BCUT2D eigenvalue weighted by molar-refractivity contribution is -0.230. The molecule has 0 spiro atoms. The number of halogens is 3. The van der Waals surface area contributed by atoms with Gasteiger partial charge in [-0.2, -0.15) is 13.2 Å². The molecule has 0 aromatic heterocycles. The van der Waals surface area contributed by atoms with Gasteiger partial charge in [-0.3, -0.25) is 4.79 Å². The van der Waals surface area contributed by atoms with Gasteiger partial charge in [-0.25, -0.2) is 4.79 Å². The van der Waals surface area contributed by atoms with Crippen LogP contribution >= 0.6 is 0 Å². The molecule has 104 valence electrons. The second-order valence-corrected chi connectivity index (χ2v) is 4.91. The van der Waals surface area contributed by atoms with E-state index in [4.69, 9.17) is 5.11 Å². The van der Waals surface area contributed by atoms with Crippen molar-refractivity contribution in [2.45, 2.75) is 44.8 Å². The molecule has 1 amide bonds. The van der Waals surface area contributed by atoms with Gasteiger partial charge in [0.25, 0.3) is 0 Å². The third-order valence-corrected chi connectivity index (χ3v) is 3.09. The molecule has 0 aliphatic carbocycles. The minimum absolute atomic E-state index is 0.0512. The SMILES string of the molecule is CC(C)CC(=O)N1CCCC1(C(=O)O)C(F)(F)F. The highest BCUT2D eigenvalue weighted by Gasteiger charge is 2.67. The minimum Gasteiger partial charge on any atom is -0.479 e. The second kappa shape index (κ2) is 4.78. The molecule has 1 saturated heterocycles. The standard InChI is InChI=1S/C11H16F3NO3/c1-7(2)6-8(16)15-5-3-4-10(15,9(17)18)11(12,13)14/h7H,3-6H2,1-2H3,(H,17,18). The van der Waals surface area contributed by atoms with Crippen LogP contribution in [0, 0.1) is 5.92 Å². The zero-order chi connectivity index (χ0) is 14.1. The van der Waals surface area contributed by atoms with Crippen LogP contribution < -0.4 is 0 Å². The van der Waals surface area contributed by atoms with Crippen LogP contribution in [0.1, 0.15) is 33.1 Å². The summed E-state index contributed by atoms with van der Waals surface area (Å²) in [4.78, 5) is 23.3. The first-order valence-electron chi connectivity index (χ1n) is 5.73. The van der Waals surface area contributed by atoms with Crippen molar-refractivity contribution >= 4 is 11.9 Å².